The fourth-order valence-corrected chi connectivity index (χ4v) is 4.47. The summed E-state index contributed by atoms with van der Waals surface area (Å²) in [5.74, 6) is -1.23. The van der Waals surface area contributed by atoms with Crippen molar-refractivity contribution in [1.82, 2.24) is 20.6 Å². The second kappa shape index (κ2) is 6.72. The second-order valence-electron chi connectivity index (χ2n) is 7.56. The van der Waals surface area contributed by atoms with Gasteiger partial charge >= 0.3 is 0 Å². The van der Waals surface area contributed by atoms with E-state index in [1.54, 1.807) is 24.4 Å². The van der Waals surface area contributed by atoms with E-state index in [4.69, 9.17) is 0 Å². The highest BCUT2D eigenvalue weighted by atomic mass is 19.1. The molecule has 2 saturated carbocycles. The van der Waals surface area contributed by atoms with Crippen molar-refractivity contribution in [2.45, 2.75) is 49.6 Å². The zero-order valence-corrected chi connectivity index (χ0v) is 14.9. The zero-order chi connectivity index (χ0) is 18.9. The fraction of sp³-hybridized carbons (Fsp3) is 0.400. The molecule has 2 N–H and O–H groups in total. The molecule has 6 nitrogen and oxygen atoms in total. The predicted octanol–water partition coefficient (Wildman–Crippen LogP) is 2.62. The molecule has 2 aromatic rings. The number of aromatic nitrogens is 2. The quantitative estimate of drug-likeness (QED) is 0.813. The molecule has 4 rings (SSSR count). The van der Waals surface area contributed by atoms with Crippen LogP contribution in [0.15, 0.2) is 42.6 Å². The first-order valence-electron chi connectivity index (χ1n) is 9.18. The molecule has 7 heteroatoms. The third-order valence-electron chi connectivity index (χ3n) is 5.67. The van der Waals surface area contributed by atoms with Crippen LogP contribution in [-0.2, 0) is 0 Å². The second-order valence-corrected chi connectivity index (χ2v) is 7.56. The van der Waals surface area contributed by atoms with E-state index in [2.05, 4.69) is 20.6 Å². The number of hydrogen-bond donors (Lipinski definition) is 2. The lowest BCUT2D eigenvalue weighted by atomic mass is 9.78. The van der Waals surface area contributed by atoms with Gasteiger partial charge in [-0.25, -0.2) is 4.98 Å². The molecule has 2 aliphatic rings. The van der Waals surface area contributed by atoms with E-state index in [0.717, 1.165) is 32.1 Å². The Hall–Kier alpha value is -2.83. The number of pyridine rings is 2. The van der Waals surface area contributed by atoms with Gasteiger partial charge in [-0.15, -0.1) is 0 Å². The van der Waals surface area contributed by atoms with Gasteiger partial charge in [0.05, 0.1) is 0 Å². The Labute approximate surface area is 156 Å². The fourth-order valence-electron chi connectivity index (χ4n) is 4.47. The van der Waals surface area contributed by atoms with Gasteiger partial charge in [0.2, 0.25) is 5.95 Å². The molecule has 2 heterocycles. The van der Waals surface area contributed by atoms with Gasteiger partial charge < -0.3 is 10.6 Å². The minimum atomic E-state index is -0.674. The van der Waals surface area contributed by atoms with Gasteiger partial charge in [-0.05, 0) is 62.8 Å². The number of fused-ring (bicyclic) bond motifs is 2. The summed E-state index contributed by atoms with van der Waals surface area (Å²) in [6.45, 7) is 0. The average Bonchev–Trinajstić information content (AvgIpc) is 2.92. The summed E-state index contributed by atoms with van der Waals surface area (Å²) in [6.07, 6.45) is 6.45. The summed E-state index contributed by atoms with van der Waals surface area (Å²) in [4.78, 5) is 32.9. The maximum Gasteiger partial charge on any atom is 0.270 e. The molecule has 0 spiro atoms. The van der Waals surface area contributed by atoms with Crippen LogP contribution in [0.25, 0.3) is 0 Å². The highest BCUT2D eigenvalue weighted by Gasteiger charge is 2.52. The van der Waals surface area contributed by atoms with Crippen molar-refractivity contribution in [3.8, 4) is 0 Å². The van der Waals surface area contributed by atoms with Crippen LogP contribution in [-0.4, -0.2) is 32.9 Å². The molecule has 2 bridgehead atoms. The molecule has 0 aromatic carbocycles. The largest absolute Gasteiger partial charge is 0.345 e. The monoisotopic (exact) mass is 368 g/mol. The molecular weight excluding hydrogens is 347 g/mol. The SMILES string of the molecule is O=C(N[C@@]12CCC[C@@](NC(=O)c3cccc(F)n3)(CC1)C2)c1ccccn1. The molecule has 2 amide bonds. The van der Waals surface area contributed by atoms with Crippen LogP contribution in [0.2, 0.25) is 0 Å². The highest BCUT2D eigenvalue weighted by Crippen LogP contribution is 2.48. The van der Waals surface area contributed by atoms with Gasteiger partial charge in [0.25, 0.3) is 11.8 Å². The first-order chi connectivity index (χ1) is 13.0. The van der Waals surface area contributed by atoms with Crippen molar-refractivity contribution in [3.63, 3.8) is 0 Å². The zero-order valence-electron chi connectivity index (χ0n) is 14.9. The topological polar surface area (TPSA) is 84.0 Å². The van der Waals surface area contributed by atoms with Gasteiger partial charge in [0.1, 0.15) is 11.4 Å². The maximum absolute atomic E-state index is 13.3. The summed E-state index contributed by atoms with van der Waals surface area (Å²) in [6, 6.07) is 9.43. The summed E-state index contributed by atoms with van der Waals surface area (Å²) >= 11 is 0. The van der Waals surface area contributed by atoms with Crippen molar-refractivity contribution in [3.05, 3.63) is 59.9 Å². The van der Waals surface area contributed by atoms with Crippen molar-refractivity contribution in [2.24, 2.45) is 0 Å². The van der Waals surface area contributed by atoms with E-state index in [9.17, 15) is 14.0 Å². The Morgan fingerprint density at radius 2 is 1.56 bits per heavy atom. The number of carbonyl (C=O) groups is 2. The molecule has 27 heavy (non-hydrogen) atoms. The van der Waals surface area contributed by atoms with Gasteiger partial charge in [-0.3, -0.25) is 14.6 Å². The van der Waals surface area contributed by atoms with E-state index in [-0.39, 0.29) is 28.6 Å². The van der Waals surface area contributed by atoms with Crippen LogP contribution in [0.5, 0.6) is 0 Å². The molecule has 0 unspecified atom stereocenters. The molecule has 0 radical (unpaired) electrons. The van der Waals surface area contributed by atoms with Gasteiger partial charge in [0, 0.05) is 17.3 Å². The molecular formula is C20H21FN4O2. The van der Waals surface area contributed by atoms with E-state index in [1.807, 2.05) is 0 Å². The van der Waals surface area contributed by atoms with E-state index in [0.29, 0.717) is 12.1 Å². The lowest BCUT2D eigenvalue weighted by molar-refractivity contribution is 0.0826. The number of nitrogens with zero attached hydrogens (tertiary/aromatic N) is 2. The number of amides is 2. The van der Waals surface area contributed by atoms with Crippen molar-refractivity contribution >= 4 is 11.8 Å². The Bertz CT molecular complexity index is 875. The number of nitrogens with one attached hydrogen (secondary N) is 2. The molecule has 2 aromatic heterocycles. The smallest absolute Gasteiger partial charge is 0.270 e. The number of carbonyl (C=O) groups excluding carboxylic acids is 2. The summed E-state index contributed by atoms with van der Waals surface area (Å²) in [5.41, 5.74) is -0.260. The van der Waals surface area contributed by atoms with E-state index in [1.165, 1.54) is 18.2 Å². The number of hydrogen-bond acceptors (Lipinski definition) is 4. The summed E-state index contributed by atoms with van der Waals surface area (Å²) in [5, 5.41) is 6.23. The van der Waals surface area contributed by atoms with Crippen LogP contribution in [0.1, 0.15) is 59.5 Å². The Morgan fingerprint density at radius 3 is 2.19 bits per heavy atom. The van der Waals surface area contributed by atoms with E-state index >= 15 is 0 Å². The van der Waals surface area contributed by atoms with Crippen molar-refractivity contribution in [2.75, 3.05) is 0 Å². The summed E-state index contributed by atoms with van der Waals surface area (Å²) in [7, 11) is 0. The molecule has 2 aliphatic carbocycles. The highest BCUT2D eigenvalue weighted by molar-refractivity contribution is 5.93. The standard InChI is InChI=1S/C20H21FN4O2/c21-16-7-3-6-15(23-16)18(27)25-20-9-4-8-19(13-20,10-11-20)24-17(26)14-5-1-2-12-22-14/h1-3,5-7,12H,4,8-11,13H2,(H,24,26)(H,25,27)/t19-,20+/m0/s1. The van der Waals surface area contributed by atoms with Crippen LogP contribution < -0.4 is 10.6 Å². The molecule has 2 atom stereocenters. The lowest BCUT2D eigenvalue weighted by Crippen LogP contribution is -2.55. The van der Waals surface area contributed by atoms with Crippen LogP contribution in [0, 0.1) is 5.95 Å². The Morgan fingerprint density at radius 1 is 0.889 bits per heavy atom. The minimum absolute atomic E-state index is 0.0740. The number of halogens is 1. The lowest BCUT2D eigenvalue weighted by Gasteiger charge is -2.40. The Balaban J connectivity index is 1.48. The third kappa shape index (κ3) is 3.54. The predicted molar refractivity (Wildman–Crippen MR) is 96.5 cm³/mol. The van der Waals surface area contributed by atoms with Gasteiger partial charge in [0.15, 0.2) is 0 Å². The average molecular weight is 368 g/mol. The number of rotatable bonds is 4. The molecule has 0 saturated heterocycles. The maximum atomic E-state index is 13.3. The van der Waals surface area contributed by atoms with Gasteiger partial charge in [-0.1, -0.05) is 12.1 Å². The first kappa shape index (κ1) is 17.6. The van der Waals surface area contributed by atoms with Crippen LogP contribution in [0.4, 0.5) is 4.39 Å². The molecule has 2 fully saturated rings. The third-order valence-corrected chi connectivity index (χ3v) is 5.67. The Kier molecular flexibility index (Phi) is 4.37. The van der Waals surface area contributed by atoms with Crippen LogP contribution in [0.3, 0.4) is 0 Å². The summed E-state index contributed by atoms with van der Waals surface area (Å²) < 4.78 is 13.3. The normalized spacial score (nSPS) is 26.4. The van der Waals surface area contributed by atoms with Crippen molar-refractivity contribution in [1.29, 1.82) is 0 Å². The van der Waals surface area contributed by atoms with Crippen molar-refractivity contribution < 1.29 is 14.0 Å². The first-order valence-corrected chi connectivity index (χ1v) is 9.18. The molecule has 140 valence electrons. The van der Waals surface area contributed by atoms with E-state index < -0.39 is 5.95 Å². The molecule has 0 aliphatic heterocycles. The van der Waals surface area contributed by atoms with Gasteiger partial charge in [-0.2, -0.15) is 4.39 Å². The minimum Gasteiger partial charge on any atom is -0.345 e. The van der Waals surface area contributed by atoms with Crippen LogP contribution >= 0.6 is 0 Å².